The van der Waals surface area contributed by atoms with Crippen LogP contribution in [-0.4, -0.2) is 5.97 Å². The summed E-state index contributed by atoms with van der Waals surface area (Å²) in [5.74, 6) is -1.20. The van der Waals surface area contributed by atoms with Crippen LogP contribution in [0.5, 0.6) is 0 Å². The van der Waals surface area contributed by atoms with Crippen molar-refractivity contribution in [2.45, 2.75) is 33.1 Å². The van der Waals surface area contributed by atoms with Gasteiger partial charge in [0.05, 0.1) is 5.92 Å². The van der Waals surface area contributed by atoms with Gasteiger partial charge in [-0.15, -0.1) is 0 Å². The fraction of sp³-hybridized carbons (Fsp3) is 0.857. The largest absolute Gasteiger partial charge is 0.358 e. The summed E-state index contributed by atoms with van der Waals surface area (Å²) in [4.78, 5) is 10.1. The van der Waals surface area contributed by atoms with Gasteiger partial charge in [0.1, 0.15) is 0 Å². The van der Waals surface area contributed by atoms with Crippen molar-refractivity contribution in [3.05, 3.63) is 0 Å². The minimum atomic E-state index is -0.927. The van der Waals surface area contributed by atoms with Crippen LogP contribution < -0.4 is 0 Å². The lowest BCUT2D eigenvalue weighted by Gasteiger charge is -1.99. The first kappa shape index (κ1) is 8.47. The van der Waals surface area contributed by atoms with Gasteiger partial charge in [-0.05, 0) is 6.42 Å². The summed E-state index contributed by atoms with van der Waals surface area (Å²) in [6.07, 6.45) is 2.78. The molecule has 0 aliphatic rings. The van der Waals surface area contributed by atoms with Gasteiger partial charge < -0.3 is 0 Å². The molecule has 0 N–H and O–H groups in total. The molecule has 0 rings (SSSR count). The SMILES string of the molecule is CCCCC(C)C([O])=O. The third-order valence-corrected chi connectivity index (χ3v) is 1.39. The van der Waals surface area contributed by atoms with Gasteiger partial charge >= 0.3 is 5.97 Å². The predicted octanol–water partition coefficient (Wildman–Crippen LogP) is 1.77. The number of carbonyl (C=O) groups is 1. The van der Waals surface area contributed by atoms with Gasteiger partial charge in [0.15, 0.2) is 0 Å². The van der Waals surface area contributed by atoms with E-state index in [2.05, 4.69) is 0 Å². The van der Waals surface area contributed by atoms with Gasteiger partial charge in [-0.25, -0.2) is 9.90 Å². The zero-order valence-electron chi connectivity index (χ0n) is 6.02. The van der Waals surface area contributed by atoms with E-state index in [1.54, 1.807) is 6.92 Å². The topological polar surface area (TPSA) is 37.0 Å². The van der Waals surface area contributed by atoms with Crippen LogP contribution in [0.25, 0.3) is 0 Å². The van der Waals surface area contributed by atoms with Crippen LogP contribution in [-0.2, 0) is 9.90 Å². The lowest BCUT2D eigenvalue weighted by molar-refractivity contribution is -0.147. The van der Waals surface area contributed by atoms with Crippen LogP contribution in [0.4, 0.5) is 0 Å². The van der Waals surface area contributed by atoms with E-state index in [1.807, 2.05) is 6.92 Å². The quantitative estimate of drug-likeness (QED) is 0.570. The second-order valence-corrected chi connectivity index (χ2v) is 2.36. The van der Waals surface area contributed by atoms with Gasteiger partial charge in [-0.3, -0.25) is 0 Å². The van der Waals surface area contributed by atoms with Crippen LogP contribution in [0.3, 0.4) is 0 Å². The normalized spacial score (nSPS) is 13.1. The molecule has 0 aliphatic heterocycles. The van der Waals surface area contributed by atoms with Crippen molar-refractivity contribution in [3.63, 3.8) is 0 Å². The Bertz CT molecular complexity index is 88.9. The first-order valence-electron chi connectivity index (χ1n) is 3.39. The van der Waals surface area contributed by atoms with Crippen LogP contribution in [0.2, 0.25) is 0 Å². The molecule has 1 unspecified atom stereocenters. The first-order valence-corrected chi connectivity index (χ1v) is 3.39. The predicted molar refractivity (Wildman–Crippen MR) is 34.4 cm³/mol. The summed E-state index contributed by atoms with van der Waals surface area (Å²) in [7, 11) is 0. The van der Waals surface area contributed by atoms with E-state index in [-0.39, 0.29) is 5.92 Å². The van der Waals surface area contributed by atoms with Crippen molar-refractivity contribution >= 4 is 5.97 Å². The number of hydrogen-bond acceptors (Lipinski definition) is 1. The van der Waals surface area contributed by atoms with Crippen molar-refractivity contribution < 1.29 is 9.90 Å². The Hall–Kier alpha value is -0.530. The van der Waals surface area contributed by atoms with Crippen LogP contribution in [0.15, 0.2) is 0 Å². The molecule has 0 aliphatic carbocycles. The second-order valence-electron chi connectivity index (χ2n) is 2.36. The molecule has 1 atom stereocenters. The van der Waals surface area contributed by atoms with E-state index >= 15 is 0 Å². The first-order chi connectivity index (χ1) is 4.18. The molecule has 0 amide bonds. The van der Waals surface area contributed by atoms with Crippen LogP contribution in [0, 0.1) is 5.92 Å². The van der Waals surface area contributed by atoms with E-state index in [0.717, 1.165) is 19.3 Å². The molecule has 0 saturated carbocycles. The Morgan fingerprint density at radius 2 is 2.11 bits per heavy atom. The van der Waals surface area contributed by atoms with Crippen molar-refractivity contribution in [3.8, 4) is 0 Å². The van der Waals surface area contributed by atoms with E-state index in [4.69, 9.17) is 0 Å². The molecule has 0 aromatic heterocycles. The maximum absolute atomic E-state index is 10.1. The Balaban J connectivity index is 3.27. The van der Waals surface area contributed by atoms with Gasteiger partial charge in [-0.2, -0.15) is 0 Å². The monoisotopic (exact) mass is 129 g/mol. The lowest BCUT2D eigenvalue weighted by Crippen LogP contribution is -2.06. The third kappa shape index (κ3) is 4.01. The Morgan fingerprint density at radius 3 is 2.44 bits per heavy atom. The van der Waals surface area contributed by atoms with Gasteiger partial charge in [0.25, 0.3) is 0 Å². The summed E-state index contributed by atoms with van der Waals surface area (Å²) < 4.78 is 0. The summed E-state index contributed by atoms with van der Waals surface area (Å²) in [5, 5.41) is 10.1. The molecule has 0 fully saturated rings. The molecule has 0 heterocycles. The number of unbranched alkanes of at least 4 members (excludes halogenated alkanes) is 1. The molecule has 9 heavy (non-hydrogen) atoms. The number of carbonyl (C=O) groups excluding carboxylic acids is 1. The van der Waals surface area contributed by atoms with E-state index < -0.39 is 5.97 Å². The highest BCUT2D eigenvalue weighted by molar-refractivity contribution is 5.68. The smallest absolute Gasteiger partial charge is 0.247 e. The fourth-order valence-corrected chi connectivity index (χ4v) is 0.628. The Labute approximate surface area is 55.9 Å². The number of rotatable bonds is 4. The van der Waals surface area contributed by atoms with Gasteiger partial charge in [0, 0.05) is 0 Å². The lowest BCUT2D eigenvalue weighted by atomic mass is 10.1. The summed E-state index contributed by atoms with van der Waals surface area (Å²) in [5.41, 5.74) is 0. The Kier molecular flexibility index (Phi) is 4.10. The van der Waals surface area contributed by atoms with Crippen molar-refractivity contribution in [1.29, 1.82) is 0 Å². The average Bonchev–Trinajstić information content (AvgIpc) is 1.82. The maximum Gasteiger partial charge on any atom is 0.358 e. The van der Waals surface area contributed by atoms with Crippen molar-refractivity contribution in [2.24, 2.45) is 5.92 Å². The van der Waals surface area contributed by atoms with E-state index in [1.165, 1.54) is 0 Å². The molecule has 2 nitrogen and oxygen atoms in total. The zero-order chi connectivity index (χ0) is 7.28. The molecular formula is C7H13O2. The van der Waals surface area contributed by atoms with E-state index in [0.29, 0.717) is 0 Å². The van der Waals surface area contributed by atoms with Crippen molar-refractivity contribution in [1.82, 2.24) is 0 Å². The summed E-state index contributed by atoms with van der Waals surface area (Å²) >= 11 is 0. The van der Waals surface area contributed by atoms with Gasteiger partial charge in [0.2, 0.25) is 0 Å². The molecule has 2 heteroatoms. The summed E-state index contributed by atoms with van der Waals surface area (Å²) in [6, 6.07) is 0. The second kappa shape index (κ2) is 4.36. The van der Waals surface area contributed by atoms with Crippen LogP contribution >= 0.6 is 0 Å². The standard InChI is InChI=1S/C7H13O2/c1-3-4-5-6(2)7(8)9/h6H,3-5H2,1-2H3. The molecular weight excluding hydrogens is 116 g/mol. The minimum absolute atomic E-state index is 0.273. The molecule has 1 radical (unpaired) electrons. The van der Waals surface area contributed by atoms with Crippen LogP contribution in [0.1, 0.15) is 33.1 Å². The number of hydrogen-bond donors (Lipinski definition) is 0. The zero-order valence-corrected chi connectivity index (χ0v) is 6.02. The molecule has 0 aromatic rings. The fourth-order valence-electron chi connectivity index (χ4n) is 0.628. The molecule has 0 bridgehead atoms. The highest BCUT2D eigenvalue weighted by atomic mass is 16.4. The Morgan fingerprint density at radius 1 is 1.56 bits per heavy atom. The van der Waals surface area contributed by atoms with Gasteiger partial charge in [-0.1, -0.05) is 26.7 Å². The average molecular weight is 129 g/mol. The van der Waals surface area contributed by atoms with E-state index in [9.17, 15) is 9.90 Å². The molecule has 0 aromatic carbocycles. The maximum atomic E-state index is 10.1. The molecule has 0 spiro atoms. The summed E-state index contributed by atoms with van der Waals surface area (Å²) in [6.45, 7) is 3.73. The minimum Gasteiger partial charge on any atom is -0.247 e. The third-order valence-electron chi connectivity index (χ3n) is 1.39. The molecule has 0 saturated heterocycles. The highest BCUT2D eigenvalue weighted by Crippen LogP contribution is 2.06. The highest BCUT2D eigenvalue weighted by Gasteiger charge is 2.10. The van der Waals surface area contributed by atoms with Crippen molar-refractivity contribution in [2.75, 3.05) is 0 Å². The molecule has 53 valence electrons.